The molecule has 3 heterocycles. The number of hydrogen-bond acceptors (Lipinski definition) is 4. The molecule has 2 aliphatic rings. The van der Waals surface area contributed by atoms with Crippen molar-refractivity contribution in [2.45, 2.75) is 45.5 Å². The van der Waals surface area contributed by atoms with Crippen LogP contribution in [0.3, 0.4) is 0 Å². The van der Waals surface area contributed by atoms with Gasteiger partial charge in [-0.1, -0.05) is 42.0 Å². The third-order valence-electron chi connectivity index (χ3n) is 6.18. The summed E-state index contributed by atoms with van der Waals surface area (Å²) in [6, 6.07) is 16.9. The van der Waals surface area contributed by atoms with Gasteiger partial charge >= 0.3 is 0 Å². The lowest BCUT2D eigenvalue weighted by atomic mass is 10.0. The molecule has 0 bridgehead atoms. The molecule has 0 unspecified atom stereocenters. The first-order valence-corrected chi connectivity index (χ1v) is 11.0. The number of nitrogens with one attached hydrogen (secondary N) is 1. The molecule has 0 atom stereocenters. The smallest absolute Gasteiger partial charge is 0.241 e. The molecule has 0 radical (unpaired) electrons. The van der Waals surface area contributed by atoms with E-state index in [0.29, 0.717) is 6.61 Å². The second-order valence-corrected chi connectivity index (χ2v) is 8.57. The standard InChI is InChI=1S/C25H28N4O2/c1-18-7-8-23-22(13-18)25-20(17-31-23)14-26-29(25)16-24(30)27-21-9-11-28(12-10-21)15-19-5-3-2-4-6-19/h2-8,13-14,21H,9-12,15-17H2,1H3,(H,27,30). The van der Waals surface area contributed by atoms with Crippen LogP contribution in [-0.2, 0) is 24.5 Å². The number of amides is 1. The molecule has 6 heteroatoms. The fraction of sp³-hybridized carbons (Fsp3) is 0.360. The van der Waals surface area contributed by atoms with Gasteiger partial charge in [-0.2, -0.15) is 5.10 Å². The minimum absolute atomic E-state index is 0.0214. The van der Waals surface area contributed by atoms with Gasteiger partial charge in [-0.05, 0) is 37.5 Å². The van der Waals surface area contributed by atoms with Crippen LogP contribution in [0.2, 0.25) is 0 Å². The number of carbonyl (C=O) groups is 1. The van der Waals surface area contributed by atoms with Crippen LogP contribution in [0.25, 0.3) is 11.3 Å². The van der Waals surface area contributed by atoms with Crippen molar-refractivity contribution in [2.24, 2.45) is 0 Å². The molecule has 0 saturated carbocycles. The predicted octanol–water partition coefficient (Wildman–Crippen LogP) is 3.53. The summed E-state index contributed by atoms with van der Waals surface area (Å²) in [6.07, 6.45) is 3.77. The van der Waals surface area contributed by atoms with Gasteiger partial charge in [0.25, 0.3) is 0 Å². The Bertz CT molecular complexity index is 1070. The van der Waals surface area contributed by atoms with Crippen molar-refractivity contribution < 1.29 is 9.53 Å². The first-order chi connectivity index (χ1) is 15.2. The molecule has 1 fully saturated rings. The van der Waals surface area contributed by atoms with Crippen LogP contribution in [0.4, 0.5) is 0 Å². The molecule has 2 aliphatic heterocycles. The highest BCUT2D eigenvalue weighted by Gasteiger charge is 2.25. The molecular weight excluding hydrogens is 388 g/mol. The molecule has 1 amide bonds. The fourth-order valence-corrected chi connectivity index (χ4v) is 4.56. The zero-order valence-electron chi connectivity index (χ0n) is 17.9. The van der Waals surface area contributed by atoms with E-state index in [2.05, 4.69) is 58.6 Å². The van der Waals surface area contributed by atoms with Crippen LogP contribution in [0.15, 0.2) is 54.7 Å². The average molecular weight is 417 g/mol. The zero-order chi connectivity index (χ0) is 21.2. The van der Waals surface area contributed by atoms with E-state index < -0.39 is 0 Å². The summed E-state index contributed by atoms with van der Waals surface area (Å²) in [7, 11) is 0. The molecule has 5 rings (SSSR count). The van der Waals surface area contributed by atoms with E-state index >= 15 is 0 Å². The molecular formula is C25H28N4O2. The van der Waals surface area contributed by atoms with Gasteiger partial charge in [-0.15, -0.1) is 0 Å². The number of fused-ring (bicyclic) bond motifs is 3. The Morgan fingerprint density at radius 2 is 1.97 bits per heavy atom. The molecule has 2 aromatic carbocycles. The number of carbonyl (C=O) groups excluding carboxylic acids is 1. The normalized spacial score (nSPS) is 16.3. The summed E-state index contributed by atoms with van der Waals surface area (Å²) in [5, 5.41) is 7.71. The summed E-state index contributed by atoms with van der Waals surface area (Å²) in [4.78, 5) is 15.3. The predicted molar refractivity (Wildman–Crippen MR) is 120 cm³/mol. The molecule has 1 saturated heterocycles. The van der Waals surface area contributed by atoms with E-state index in [9.17, 15) is 4.79 Å². The van der Waals surface area contributed by atoms with E-state index in [1.807, 2.05) is 23.0 Å². The summed E-state index contributed by atoms with van der Waals surface area (Å²) < 4.78 is 7.65. The van der Waals surface area contributed by atoms with Crippen LogP contribution in [0.5, 0.6) is 5.75 Å². The first-order valence-electron chi connectivity index (χ1n) is 11.0. The number of benzene rings is 2. The van der Waals surface area contributed by atoms with E-state index in [0.717, 1.165) is 60.6 Å². The van der Waals surface area contributed by atoms with Gasteiger partial charge < -0.3 is 10.1 Å². The minimum Gasteiger partial charge on any atom is -0.488 e. The van der Waals surface area contributed by atoms with E-state index in [-0.39, 0.29) is 18.5 Å². The molecule has 1 N–H and O–H groups in total. The first kappa shape index (κ1) is 19.8. The Morgan fingerprint density at radius 1 is 1.16 bits per heavy atom. The van der Waals surface area contributed by atoms with Gasteiger partial charge in [0.05, 0.1) is 11.9 Å². The van der Waals surface area contributed by atoms with E-state index in [1.54, 1.807) is 0 Å². The molecule has 160 valence electrons. The Kier molecular flexibility index (Phi) is 5.47. The van der Waals surface area contributed by atoms with Crippen molar-refractivity contribution in [1.82, 2.24) is 20.0 Å². The number of piperidine rings is 1. The summed E-state index contributed by atoms with van der Waals surface area (Å²) in [6.45, 7) is 5.76. The number of ether oxygens (including phenoxy) is 1. The van der Waals surface area contributed by atoms with Crippen molar-refractivity contribution in [3.05, 3.63) is 71.4 Å². The van der Waals surface area contributed by atoms with Crippen molar-refractivity contribution >= 4 is 5.91 Å². The number of nitrogens with zero attached hydrogens (tertiary/aromatic N) is 3. The van der Waals surface area contributed by atoms with Crippen LogP contribution >= 0.6 is 0 Å². The summed E-state index contributed by atoms with van der Waals surface area (Å²) >= 11 is 0. The topological polar surface area (TPSA) is 59.4 Å². The maximum Gasteiger partial charge on any atom is 0.241 e. The molecule has 0 aliphatic carbocycles. The second kappa shape index (κ2) is 8.55. The third kappa shape index (κ3) is 4.35. The van der Waals surface area contributed by atoms with Crippen LogP contribution < -0.4 is 10.1 Å². The lowest BCUT2D eigenvalue weighted by Gasteiger charge is -2.32. The monoisotopic (exact) mass is 416 g/mol. The number of likely N-dealkylation sites (tertiary alicyclic amines) is 1. The van der Waals surface area contributed by atoms with Crippen molar-refractivity contribution in [2.75, 3.05) is 13.1 Å². The molecule has 6 nitrogen and oxygen atoms in total. The minimum atomic E-state index is 0.0214. The SMILES string of the molecule is Cc1ccc2c(c1)-c1c(cnn1CC(=O)NC1CCN(Cc3ccccc3)CC1)CO2. The molecule has 0 spiro atoms. The van der Waals surface area contributed by atoms with Gasteiger partial charge in [-0.3, -0.25) is 14.4 Å². The fourth-order valence-electron chi connectivity index (χ4n) is 4.56. The quantitative estimate of drug-likeness (QED) is 0.691. The van der Waals surface area contributed by atoms with Crippen molar-refractivity contribution in [3.8, 4) is 17.0 Å². The van der Waals surface area contributed by atoms with E-state index in [1.165, 1.54) is 5.56 Å². The van der Waals surface area contributed by atoms with Crippen molar-refractivity contribution in [3.63, 3.8) is 0 Å². The lowest BCUT2D eigenvalue weighted by Crippen LogP contribution is -2.45. The number of hydrogen-bond donors (Lipinski definition) is 1. The van der Waals surface area contributed by atoms with Gasteiger partial charge in [0.15, 0.2) is 0 Å². The average Bonchev–Trinajstić information content (AvgIpc) is 3.19. The Morgan fingerprint density at radius 3 is 2.77 bits per heavy atom. The highest BCUT2D eigenvalue weighted by Crippen LogP contribution is 2.37. The highest BCUT2D eigenvalue weighted by molar-refractivity contribution is 5.78. The molecule has 3 aromatic rings. The zero-order valence-corrected chi connectivity index (χ0v) is 17.9. The van der Waals surface area contributed by atoms with Gasteiger partial charge in [0.2, 0.25) is 5.91 Å². The summed E-state index contributed by atoms with van der Waals surface area (Å²) in [5.41, 5.74) is 5.54. The van der Waals surface area contributed by atoms with Gasteiger partial charge in [0, 0.05) is 36.8 Å². The Hall–Kier alpha value is -3.12. The van der Waals surface area contributed by atoms with Gasteiger partial charge in [-0.25, -0.2) is 0 Å². The van der Waals surface area contributed by atoms with Gasteiger partial charge in [0.1, 0.15) is 18.9 Å². The highest BCUT2D eigenvalue weighted by atomic mass is 16.5. The second-order valence-electron chi connectivity index (χ2n) is 8.57. The molecule has 1 aromatic heterocycles. The number of aromatic nitrogens is 2. The van der Waals surface area contributed by atoms with Crippen LogP contribution in [-0.4, -0.2) is 39.7 Å². The Labute approximate surface area is 182 Å². The Balaban J connectivity index is 1.19. The summed E-state index contributed by atoms with van der Waals surface area (Å²) in [5.74, 6) is 0.874. The maximum atomic E-state index is 12.8. The maximum absolute atomic E-state index is 12.8. The number of aryl methyl sites for hydroxylation is 1. The lowest BCUT2D eigenvalue weighted by molar-refractivity contribution is -0.122. The van der Waals surface area contributed by atoms with E-state index in [4.69, 9.17) is 4.74 Å². The molecule has 31 heavy (non-hydrogen) atoms. The van der Waals surface area contributed by atoms with Crippen LogP contribution in [0, 0.1) is 6.92 Å². The third-order valence-corrected chi connectivity index (χ3v) is 6.18. The van der Waals surface area contributed by atoms with Crippen LogP contribution in [0.1, 0.15) is 29.5 Å². The van der Waals surface area contributed by atoms with Crippen molar-refractivity contribution in [1.29, 1.82) is 0 Å². The number of rotatable bonds is 5. The largest absolute Gasteiger partial charge is 0.488 e.